The third kappa shape index (κ3) is 10.5. The average molecular weight is 522 g/mol. The van der Waals surface area contributed by atoms with Crippen LogP contribution in [0.15, 0.2) is 24.3 Å². The smallest absolute Gasteiger partial charge is 0.326 e. The molecule has 0 bridgehead atoms. The highest BCUT2D eigenvalue weighted by atomic mass is 16.4. The molecule has 1 aromatic rings. The van der Waals surface area contributed by atoms with E-state index in [0.29, 0.717) is 12.0 Å². The minimum atomic E-state index is -1.35. The lowest BCUT2D eigenvalue weighted by Crippen LogP contribution is -2.59. The molecule has 0 unspecified atom stereocenters. The van der Waals surface area contributed by atoms with Crippen LogP contribution in [0.5, 0.6) is 5.75 Å². The van der Waals surface area contributed by atoms with E-state index in [-0.39, 0.29) is 36.8 Å². The van der Waals surface area contributed by atoms with Crippen molar-refractivity contribution in [3.63, 3.8) is 0 Å². The number of phenols is 1. The standard InChI is InChI=1S/C25H39N5O7/c1-5-14(4)21(30-23(34)20(27)13(2)3)24(35)28-17(10-11-19(26)32)22(33)29-18(25(36)37)12-15-6-8-16(31)9-7-15/h6-9,13-14,17-18,20-21,31H,5,10-12,27H2,1-4H3,(H2,26,32)(H,28,35)(H,29,33)(H,30,34)(H,36,37)/t14-,17-,18-,20-,21-/m0/s1. The predicted molar refractivity (Wildman–Crippen MR) is 136 cm³/mol. The molecule has 0 radical (unpaired) electrons. The second kappa shape index (κ2) is 14.8. The SMILES string of the molecule is CC[C@H](C)[C@H](NC(=O)[C@@H](N)C(C)C)C(=O)N[C@@H](CCC(N)=O)C(=O)N[C@@H](Cc1ccc(O)cc1)C(=O)O. The first-order valence-corrected chi connectivity index (χ1v) is 12.2. The molecule has 12 nitrogen and oxygen atoms in total. The summed E-state index contributed by atoms with van der Waals surface area (Å²) in [7, 11) is 0. The fourth-order valence-electron chi connectivity index (χ4n) is 3.41. The summed E-state index contributed by atoms with van der Waals surface area (Å²) in [6, 6.07) is 1.32. The van der Waals surface area contributed by atoms with Gasteiger partial charge in [0.15, 0.2) is 0 Å². The number of hydrogen-bond donors (Lipinski definition) is 7. The zero-order valence-electron chi connectivity index (χ0n) is 21.7. The van der Waals surface area contributed by atoms with Crippen molar-refractivity contribution in [1.29, 1.82) is 0 Å². The van der Waals surface area contributed by atoms with Crippen LogP contribution in [0, 0.1) is 11.8 Å². The van der Waals surface area contributed by atoms with Gasteiger partial charge in [0, 0.05) is 12.8 Å². The van der Waals surface area contributed by atoms with E-state index in [4.69, 9.17) is 11.5 Å². The Morgan fingerprint density at radius 3 is 1.95 bits per heavy atom. The molecule has 0 aromatic heterocycles. The molecule has 0 fully saturated rings. The first kappa shape index (κ1) is 31.4. The summed E-state index contributed by atoms with van der Waals surface area (Å²) in [6.45, 7) is 7.12. The molecule has 0 saturated heterocycles. The quantitative estimate of drug-likeness (QED) is 0.163. The van der Waals surface area contributed by atoms with Crippen LogP contribution in [0.2, 0.25) is 0 Å². The maximum Gasteiger partial charge on any atom is 0.326 e. The minimum Gasteiger partial charge on any atom is -0.508 e. The zero-order chi connectivity index (χ0) is 28.3. The second-order valence-electron chi connectivity index (χ2n) is 9.48. The molecule has 12 heteroatoms. The lowest BCUT2D eigenvalue weighted by molar-refractivity contribution is -0.142. The van der Waals surface area contributed by atoms with Crippen molar-refractivity contribution in [3.8, 4) is 5.75 Å². The van der Waals surface area contributed by atoms with Gasteiger partial charge in [0.1, 0.15) is 23.9 Å². The molecule has 0 saturated carbocycles. The van der Waals surface area contributed by atoms with Crippen LogP contribution in [-0.4, -0.2) is 64.0 Å². The van der Waals surface area contributed by atoms with Crippen molar-refractivity contribution in [2.45, 2.75) is 77.5 Å². The molecule has 37 heavy (non-hydrogen) atoms. The van der Waals surface area contributed by atoms with Crippen LogP contribution in [-0.2, 0) is 30.4 Å². The van der Waals surface area contributed by atoms with Crippen molar-refractivity contribution in [2.75, 3.05) is 0 Å². The molecule has 206 valence electrons. The summed E-state index contributed by atoms with van der Waals surface area (Å²) in [5.74, 6) is -4.52. The number of primary amides is 1. The van der Waals surface area contributed by atoms with E-state index in [0.717, 1.165) is 0 Å². The predicted octanol–water partition coefficient (Wildman–Crippen LogP) is -0.231. The average Bonchev–Trinajstić information content (AvgIpc) is 2.84. The van der Waals surface area contributed by atoms with Gasteiger partial charge >= 0.3 is 5.97 Å². The van der Waals surface area contributed by atoms with Crippen LogP contribution in [0.3, 0.4) is 0 Å². The number of hydrogen-bond acceptors (Lipinski definition) is 7. The number of aromatic hydroxyl groups is 1. The first-order valence-electron chi connectivity index (χ1n) is 12.2. The lowest BCUT2D eigenvalue weighted by atomic mass is 9.96. The molecular formula is C25H39N5O7. The van der Waals surface area contributed by atoms with E-state index in [1.807, 2.05) is 6.92 Å². The Kier molecular flexibility index (Phi) is 12.5. The topological polar surface area (TPSA) is 214 Å². The molecular weight excluding hydrogens is 482 g/mol. The maximum atomic E-state index is 13.2. The number of phenolic OH excluding ortho intramolecular Hbond substituents is 1. The first-order chi connectivity index (χ1) is 17.3. The van der Waals surface area contributed by atoms with Gasteiger partial charge < -0.3 is 37.6 Å². The molecule has 1 aromatic carbocycles. The second-order valence-corrected chi connectivity index (χ2v) is 9.48. The van der Waals surface area contributed by atoms with Gasteiger partial charge in [-0.3, -0.25) is 19.2 Å². The number of carboxylic acid groups (broad SMARTS) is 1. The zero-order valence-corrected chi connectivity index (χ0v) is 21.7. The van der Waals surface area contributed by atoms with Crippen LogP contribution < -0.4 is 27.4 Å². The van der Waals surface area contributed by atoms with Crippen molar-refractivity contribution >= 4 is 29.6 Å². The number of benzene rings is 1. The fraction of sp³-hybridized carbons (Fsp3) is 0.560. The summed E-state index contributed by atoms with van der Waals surface area (Å²) < 4.78 is 0. The highest BCUT2D eigenvalue weighted by Gasteiger charge is 2.33. The van der Waals surface area contributed by atoms with Gasteiger partial charge in [-0.2, -0.15) is 0 Å². The Morgan fingerprint density at radius 2 is 1.46 bits per heavy atom. The number of amides is 4. The minimum absolute atomic E-state index is 0.00573. The monoisotopic (exact) mass is 521 g/mol. The number of rotatable bonds is 15. The Balaban J connectivity index is 3.08. The van der Waals surface area contributed by atoms with E-state index in [9.17, 15) is 34.2 Å². The lowest BCUT2D eigenvalue weighted by Gasteiger charge is -2.28. The summed E-state index contributed by atoms with van der Waals surface area (Å²) in [5.41, 5.74) is 11.7. The Bertz CT molecular complexity index is 951. The number of carbonyl (C=O) groups is 5. The van der Waals surface area contributed by atoms with Gasteiger partial charge in [-0.15, -0.1) is 0 Å². The van der Waals surface area contributed by atoms with Crippen molar-refractivity contribution in [2.24, 2.45) is 23.3 Å². The summed E-state index contributed by atoms with van der Waals surface area (Å²) >= 11 is 0. The third-order valence-corrected chi connectivity index (χ3v) is 6.12. The van der Waals surface area contributed by atoms with E-state index < -0.39 is 53.8 Å². The molecule has 4 amide bonds. The van der Waals surface area contributed by atoms with Gasteiger partial charge in [0.25, 0.3) is 0 Å². The normalized spacial score (nSPS) is 15.1. The van der Waals surface area contributed by atoms with Crippen molar-refractivity contribution in [3.05, 3.63) is 29.8 Å². The summed E-state index contributed by atoms with van der Waals surface area (Å²) in [4.78, 5) is 61.9. The Hall–Kier alpha value is -3.67. The summed E-state index contributed by atoms with van der Waals surface area (Å²) in [5, 5.41) is 26.6. The maximum absolute atomic E-state index is 13.2. The van der Waals surface area contributed by atoms with Crippen molar-refractivity contribution in [1.82, 2.24) is 16.0 Å². The number of aliphatic carboxylic acids is 1. The highest BCUT2D eigenvalue weighted by molar-refractivity contribution is 5.94. The highest BCUT2D eigenvalue weighted by Crippen LogP contribution is 2.13. The van der Waals surface area contributed by atoms with Crippen molar-refractivity contribution < 1.29 is 34.2 Å². The van der Waals surface area contributed by atoms with Crippen LogP contribution in [0.4, 0.5) is 0 Å². The molecule has 0 spiro atoms. The van der Waals surface area contributed by atoms with Crippen LogP contribution in [0.1, 0.15) is 52.5 Å². The largest absolute Gasteiger partial charge is 0.508 e. The van der Waals surface area contributed by atoms with E-state index in [2.05, 4.69) is 16.0 Å². The van der Waals surface area contributed by atoms with Crippen LogP contribution >= 0.6 is 0 Å². The van der Waals surface area contributed by atoms with Gasteiger partial charge in [0.05, 0.1) is 6.04 Å². The van der Waals surface area contributed by atoms with Gasteiger partial charge in [-0.25, -0.2) is 4.79 Å². The molecule has 1 rings (SSSR count). The van der Waals surface area contributed by atoms with E-state index >= 15 is 0 Å². The van der Waals surface area contributed by atoms with Gasteiger partial charge in [0.2, 0.25) is 23.6 Å². The molecule has 9 N–H and O–H groups in total. The number of nitrogens with one attached hydrogen (secondary N) is 3. The van der Waals surface area contributed by atoms with E-state index in [1.54, 1.807) is 20.8 Å². The molecule has 5 atom stereocenters. The molecule has 0 aliphatic rings. The molecule has 0 aliphatic heterocycles. The van der Waals surface area contributed by atoms with Crippen LogP contribution in [0.25, 0.3) is 0 Å². The Labute approximate surface area is 216 Å². The van der Waals surface area contributed by atoms with Gasteiger partial charge in [-0.05, 0) is 36.0 Å². The number of carbonyl (C=O) groups excluding carboxylic acids is 4. The molecule has 0 heterocycles. The molecule has 0 aliphatic carbocycles. The fourth-order valence-corrected chi connectivity index (χ4v) is 3.41. The summed E-state index contributed by atoms with van der Waals surface area (Å²) in [6.07, 6.45) is 0.0232. The Morgan fingerprint density at radius 1 is 0.892 bits per heavy atom. The van der Waals surface area contributed by atoms with E-state index in [1.165, 1.54) is 24.3 Å². The third-order valence-electron chi connectivity index (χ3n) is 6.12. The van der Waals surface area contributed by atoms with Gasteiger partial charge in [-0.1, -0.05) is 46.2 Å². The number of nitrogens with two attached hydrogens (primary N) is 2. The number of carboxylic acids is 1.